The Bertz CT molecular complexity index is 459. The second-order valence-electron chi connectivity index (χ2n) is 4.03. The Labute approximate surface area is 116 Å². The Morgan fingerprint density at radius 3 is 2.58 bits per heavy atom. The third kappa shape index (κ3) is 4.51. The zero-order chi connectivity index (χ0) is 14.4. The Hall–Kier alpha value is -1.63. The molecule has 0 radical (unpaired) electrons. The number of rotatable bonds is 6. The first-order valence-corrected chi connectivity index (χ1v) is 7.03. The highest BCUT2D eigenvalue weighted by Crippen LogP contribution is 2.22. The first kappa shape index (κ1) is 15.4. The highest BCUT2D eigenvalue weighted by molar-refractivity contribution is 7.15. The SMILES string of the molecule is CCc1nc(NC(=O)N(CC)CCC(=O)O)sc1C. The standard InChI is InChI=1S/C12H19N3O3S/c1-4-9-8(3)19-11(13-9)14-12(18)15(5-2)7-6-10(16)17/h4-7H2,1-3H3,(H,16,17)(H,13,14,18). The fraction of sp³-hybridized carbons (Fsp3) is 0.583. The molecule has 19 heavy (non-hydrogen) atoms. The molecule has 2 amide bonds. The second kappa shape index (κ2) is 7.08. The lowest BCUT2D eigenvalue weighted by Gasteiger charge is -2.19. The Kier molecular flexibility index (Phi) is 5.75. The van der Waals surface area contributed by atoms with E-state index in [0.717, 1.165) is 17.0 Å². The van der Waals surface area contributed by atoms with Gasteiger partial charge in [0.05, 0.1) is 12.1 Å². The first-order chi connectivity index (χ1) is 8.97. The van der Waals surface area contributed by atoms with Gasteiger partial charge >= 0.3 is 12.0 Å². The lowest BCUT2D eigenvalue weighted by atomic mass is 10.3. The number of aromatic nitrogens is 1. The molecule has 1 aromatic rings. The molecule has 0 unspecified atom stereocenters. The largest absolute Gasteiger partial charge is 0.481 e. The molecule has 0 bridgehead atoms. The number of aryl methyl sites for hydroxylation is 2. The van der Waals surface area contributed by atoms with E-state index in [1.165, 1.54) is 16.2 Å². The number of anilines is 1. The number of carboxylic acids is 1. The lowest BCUT2D eigenvalue weighted by Crippen LogP contribution is -2.36. The van der Waals surface area contributed by atoms with Gasteiger partial charge < -0.3 is 10.0 Å². The first-order valence-electron chi connectivity index (χ1n) is 6.21. The van der Waals surface area contributed by atoms with Gasteiger partial charge in [-0.1, -0.05) is 6.92 Å². The van der Waals surface area contributed by atoms with Crippen LogP contribution in [0.2, 0.25) is 0 Å². The van der Waals surface area contributed by atoms with Crippen molar-refractivity contribution in [2.75, 3.05) is 18.4 Å². The van der Waals surface area contributed by atoms with Crippen LogP contribution in [0, 0.1) is 6.92 Å². The molecule has 7 heteroatoms. The molecule has 0 saturated carbocycles. The zero-order valence-electron chi connectivity index (χ0n) is 11.4. The third-order valence-electron chi connectivity index (χ3n) is 2.71. The molecule has 0 fully saturated rings. The number of urea groups is 1. The maximum atomic E-state index is 12.0. The van der Waals surface area contributed by atoms with Gasteiger partial charge in [-0.25, -0.2) is 9.78 Å². The van der Waals surface area contributed by atoms with Gasteiger partial charge in [-0.15, -0.1) is 11.3 Å². The van der Waals surface area contributed by atoms with Gasteiger partial charge in [-0.2, -0.15) is 0 Å². The van der Waals surface area contributed by atoms with E-state index in [-0.39, 0.29) is 19.0 Å². The second-order valence-corrected chi connectivity index (χ2v) is 5.23. The summed E-state index contributed by atoms with van der Waals surface area (Å²) in [6.07, 6.45) is 0.771. The maximum absolute atomic E-state index is 12.0. The molecule has 106 valence electrons. The molecule has 1 aromatic heterocycles. The average Bonchev–Trinajstić information content (AvgIpc) is 2.69. The maximum Gasteiger partial charge on any atom is 0.323 e. The number of hydrogen-bond donors (Lipinski definition) is 2. The molecule has 2 N–H and O–H groups in total. The van der Waals surface area contributed by atoms with Gasteiger partial charge in [0, 0.05) is 18.0 Å². The summed E-state index contributed by atoms with van der Waals surface area (Å²) in [5, 5.41) is 11.9. The predicted molar refractivity (Wildman–Crippen MR) is 74.7 cm³/mol. The quantitative estimate of drug-likeness (QED) is 0.840. The minimum Gasteiger partial charge on any atom is -0.481 e. The van der Waals surface area contributed by atoms with Gasteiger partial charge in [-0.3, -0.25) is 10.1 Å². The molecule has 0 spiro atoms. The van der Waals surface area contributed by atoms with Gasteiger partial charge in [0.1, 0.15) is 0 Å². The number of nitrogens with one attached hydrogen (secondary N) is 1. The average molecular weight is 285 g/mol. The summed E-state index contributed by atoms with van der Waals surface area (Å²) < 4.78 is 0. The Balaban J connectivity index is 2.62. The molecule has 1 rings (SSSR count). The van der Waals surface area contributed by atoms with Crippen molar-refractivity contribution < 1.29 is 14.7 Å². The summed E-state index contributed by atoms with van der Waals surface area (Å²) in [7, 11) is 0. The highest BCUT2D eigenvalue weighted by Gasteiger charge is 2.15. The van der Waals surface area contributed by atoms with Crippen molar-refractivity contribution in [3.63, 3.8) is 0 Å². The number of nitrogens with zero attached hydrogens (tertiary/aromatic N) is 2. The predicted octanol–water partition coefficient (Wildman–Crippen LogP) is 2.34. The summed E-state index contributed by atoms with van der Waals surface area (Å²) >= 11 is 1.43. The van der Waals surface area contributed by atoms with Crippen LogP contribution in [0.15, 0.2) is 0 Å². The van der Waals surface area contributed by atoms with Crippen LogP contribution in [0.25, 0.3) is 0 Å². The summed E-state index contributed by atoms with van der Waals surface area (Å²) in [6.45, 7) is 6.45. The topological polar surface area (TPSA) is 82.5 Å². The fourth-order valence-electron chi connectivity index (χ4n) is 1.61. The van der Waals surface area contributed by atoms with E-state index in [0.29, 0.717) is 11.7 Å². The molecule has 6 nitrogen and oxygen atoms in total. The third-order valence-corrected chi connectivity index (χ3v) is 3.63. The Morgan fingerprint density at radius 2 is 2.11 bits per heavy atom. The fourth-order valence-corrected chi connectivity index (χ4v) is 2.51. The van der Waals surface area contributed by atoms with Crippen molar-refractivity contribution in [1.29, 1.82) is 0 Å². The van der Waals surface area contributed by atoms with E-state index in [1.54, 1.807) is 0 Å². The van der Waals surface area contributed by atoms with Crippen LogP contribution in [-0.2, 0) is 11.2 Å². The molecular formula is C12H19N3O3S. The van der Waals surface area contributed by atoms with Crippen LogP contribution in [0.3, 0.4) is 0 Å². The molecule has 1 heterocycles. The monoisotopic (exact) mass is 285 g/mol. The normalized spacial score (nSPS) is 10.3. The van der Waals surface area contributed by atoms with Crippen molar-refractivity contribution >= 4 is 28.5 Å². The molecule has 0 atom stereocenters. The van der Waals surface area contributed by atoms with Crippen molar-refractivity contribution in [3.05, 3.63) is 10.6 Å². The number of aliphatic carboxylic acids is 1. The van der Waals surface area contributed by atoms with Gasteiger partial charge in [0.25, 0.3) is 0 Å². The number of carboxylic acid groups (broad SMARTS) is 1. The molecule has 0 aliphatic carbocycles. The van der Waals surface area contributed by atoms with Crippen LogP contribution in [0.5, 0.6) is 0 Å². The van der Waals surface area contributed by atoms with E-state index in [9.17, 15) is 9.59 Å². The van der Waals surface area contributed by atoms with Crippen molar-refractivity contribution in [1.82, 2.24) is 9.88 Å². The summed E-state index contributed by atoms with van der Waals surface area (Å²) in [4.78, 5) is 29.3. The van der Waals surface area contributed by atoms with Crippen LogP contribution in [-0.4, -0.2) is 40.1 Å². The number of carbonyl (C=O) groups is 2. The minimum atomic E-state index is -0.912. The molecule has 0 aliphatic rings. The molecule has 0 aromatic carbocycles. The number of carbonyl (C=O) groups excluding carboxylic acids is 1. The number of thiazole rings is 1. The van der Waals surface area contributed by atoms with E-state index >= 15 is 0 Å². The smallest absolute Gasteiger partial charge is 0.323 e. The summed E-state index contributed by atoms with van der Waals surface area (Å²) in [6, 6.07) is -0.305. The van der Waals surface area contributed by atoms with Crippen molar-refractivity contribution in [2.24, 2.45) is 0 Å². The van der Waals surface area contributed by atoms with Crippen molar-refractivity contribution in [2.45, 2.75) is 33.6 Å². The van der Waals surface area contributed by atoms with Gasteiger partial charge in [-0.05, 0) is 20.3 Å². The van der Waals surface area contributed by atoms with Crippen LogP contribution < -0.4 is 5.32 Å². The lowest BCUT2D eigenvalue weighted by molar-refractivity contribution is -0.137. The van der Waals surface area contributed by atoms with Crippen LogP contribution >= 0.6 is 11.3 Å². The summed E-state index contributed by atoms with van der Waals surface area (Å²) in [5.74, 6) is -0.912. The number of amides is 2. The van der Waals surface area contributed by atoms with E-state index in [4.69, 9.17) is 5.11 Å². The Morgan fingerprint density at radius 1 is 1.42 bits per heavy atom. The van der Waals surface area contributed by atoms with E-state index in [2.05, 4.69) is 10.3 Å². The molecule has 0 saturated heterocycles. The van der Waals surface area contributed by atoms with Gasteiger partial charge in [0.2, 0.25) is 0 Å². The molecule has 0 aliphatic heterocycles. The molecular weight excluding hydrogens is 266 g/mol. The van der Waals surface area contributed by atoms with Crippen LogP contribution in [0.1, 0.15) is 30.8 Å². The minimum absolute atomic E-state index is 0.0572. The van der Waals surface area contributed by atoms with Gasteiger partial charge in [0.15, 0.2) is 5.13 Å². The highest BCUT2D eigenvalue weighted by atomic mass is 32.1. The van der Waals surface area contributed by atoms with E-state index in [1.807, 2.05) is 20.8 Å². The zero-order valence-corrected chi connectivity index (χ0v) is 12.2. The van der Waals surface area contributed by atoms with Crippen LogP contribution in [0.4, 0.5) is 9.93 Å². The van der Waals surface area contributed by atoms with E-state index < -0.39 is 5.97 Å². The van der Waals surface area contributed by atoms with Crippen molar-refractivity contribution in [3.8, 4) is 0 Å². The number of hydrogen-bond acceptors (Lipinski definition) is 4. The summed E-state index contributed by atoms with van der Waals surface area (Å²) in [5.41, 5.74) is 0.980.